The molecule has 0 spiro atoms. The molecule has 50 heavy (non-hydrogen) atoms. The number of nitrogens with two attached hydrogens (primary N) is 3. The molecule has 1 heterocycles. The van der Waals surface area contributed by atoms with E-state index >= 15 is 0 Å². The maximum atomic E-state index is 12.7. The van der Waals surface area contributed by atoms with Gasteiger partial charge in [0.2, 0.25) is 23.6 Å². The number of carbonyl (C=O) groups is 4. The molecule has 264 valence electrons. The molecule has 0 aliphatic heterocycles. The van der Waals surface area contributed by atoms with Gasteiger partial charge >= 0.3 is 6.09 Å². The molecule has 0 unspecified atom stereocenters. The van der Waals surface area contributed by atoms with Crippen LogP contribution in [0.5, 0.6) is 17.5 Å². The largest absolute Gasteiger partial charge is 0.494 e. The predicted octanol–water partition coefficient (Wildman–Crippen LogP) is 2.41. The van der Waals surface area contributed by atoms with E-state index in [-0.39, 0.29) is 55.1 Å². The van der Waals surface area contributed by atoms with Crippen molar-refractivity contribution in [2.24, 2.45) is 17.2 Å². The van der Waals surface area contributed by atoms with Crippen LogP contribution in [0.4, 0.5) is 10.5 Å². The van der Waals surface area contributed by atoms with Crippen LogP contribution in [-0.2, 0) is 27.3 Å². The van der Waals surface area contributed by atoms with Gasteiger partial charge in [0, 0.05) is 24.1 Å². The van der Waals surface area contributed by atoms with Crippen LogP contribution < -0.4 is 37.9 Å². The average molecular weight is 704 g/mol. The van der Waals surface area contributed by atoms with Crippen LogP contribution in [0.2, 0.25) is 0 Å². The number of thioether (sulfide) groups is 1. The molecular formula is C35H41N7O7S. The van der Waals surface area contributed by atoms with Crippen LogP contribution in [0.1, 0.15) is 24.0 Å². The van der Waals surface area contributed by atoms with Crippen molar-refractivity contribution in [2.45, 2.75) is 48.8 Å². The lowest BCUT2D eigenvalue weighted by atomic mass is 10.1. The maximum absolute atomic E-state index is 12.7. The predicted molar refractivity (Wildman–Crippen MR) is 190 cm³/mol. The minimum Gasteiger partial charge on any atom is -0.494 e. The lowest BCUT2D eigenvalue weighted by Crippen LogP contribution is -2.51. The highest BCUT2D eigenvalue weighted by molar-refractivity contribution is 7.99. The fourth-order valence-corrected chi connectivity index (χ4v) is 5.78. The Morgan fingerprint density at radius 3 is 2.16 bits per heavy atom. The summed E-state index contributed by atoms with van der Waals surface area (Å²) in [5, 5.41) is 28.8. The number of amides is 4. The van der Waals surface area contributed by atoms with Gasteiger partial charge in [-0.05, 0) is 54.7 Å². The Morgan fingerprint density at radius 2 is 1.50 bits per heavy atom. The van der Waals surface area contributed by atoms with E-state index in [2.05, 4.69) is 16.0 Å². The first kappa shape index (κ1) is 37.3. The van der Waals surface area contributed by atoms with Gasteiger partial charge in [-0.3, -0.25) is 19.0 Å². The molecule has 0 radical (unpaired) electrons. The zero-order chi connectivity index (χ0) is 36.0. The van der Waals surface area contributed by atoms with E-state index in [1.54, 1.807) is 36.4 Å². The molecule has 11 N–H and O–H groups in total. The molecule has 0 bridgehead atoms. The van der Waals surface area contributed by atoms with Crippen LogP contribution >= 0.6 is 11.8 Å². The first-order chi connectivity index (χ1) is 24.0. The highest BCUT2D eigenvalue weighted by Crippen LogP contribution is 2.36. The molecule has 4 amide bonds. The molecule has 0 aliphatic rings. The van der Waals surface area contributed by atoms with Gasteiger partial charge in [-0.25, -0.2) is 4.79 Å². The molecule has 4 rings (SSSR count). The third kappa shape index (κ3) is 11.3. The topological polar surface area (TPSA) is 237 Å². The number of hydrogen-bond donors (Lipinski definition) is 8. The molecule has 0 fully saturated rings. The molecule has 0 saturated carbocycles. The number of benzene rings is 3. The quantitative estimate of drug-likeness (QED) is 0.0590. The molecule has 15 heteroatoms. The number of nitrogens with one attached hydrogen (secondary N) is 3. The van der Waals surface area contributed by atoms with Crippen molar-refractivity contribution in [3.8, 4) is 17.5 Å². The van der Waals surface area contributed by atoms with Gasteiger partial charge in [0.25, 0.3) is 0 Å². The van der Waals surface area contributed by atoms with Crippen LogP contribution in [0.25, 0.3) is 0 Å². The van der Waals surface area contributed by atoms with Crippen LogP contribution in [-0.4, -0.2) is 69.0 Å². The Balaban J connectivity index is 1.15. The summed E-state index contributed by atoms with van der Waals surface area (Å²) in [6, 6.07) is 23.4. The number of aromatic nitrogens is 1. The number of aromatic hydroxyl groups is 2. The fourth-order valence-electron chi connectivity index (χ4n) is 4.76. The van der Waals surface area contributed by atoms with Crippen molar-refractivity contribution in [1.82, 2.24) is 15.2 Å². The third-order valence-corrected chi connectivity index (χ3v) is 8.64. The molecule has 0 saturated heterocycles. The SMILES string of the molecule is NC(=O)[C@H](CSc1cc(O)n(Cc2ccccc2)c1O)NC(=O)[C@@H](N)CCCNC(=O)Oc1ccc(C[C@H](N)C(=O)Nc2ccccc2)cc1. The van der Waals surface area contributed by atoms with E-state index in [1.807, 2.05) is 48.5 Å². The number of rotatable bonds is 17. The Labute approximate surface area is 293 Å². The Kier molecular flexibility index (Phi) is 13.7. The molecule has 3 aromatic carbocycles. The number of para-hydroxylation sites is 1. The number of ether oxygens (including phenoxy) is 1. The van der Waals surface area contributed by atoms with Gasteiger partial charge in [0.1, 0.15) is 11.8 Å². The first-order valence-electron chi connectivity index (χ1n) is 15.8. The minimum absolute atomic E-state index is 0.0130. The zero-order valence-corrected chi connectivity index (χ0v) is 28.0. The van der Waals surface area contributed by atoms with Gasteiger partial charge in [-0.2, -0.15) is 0 Å². The number of carbonyl (C=O) groups excluding carboxylic acids is 4. The summed E-state index contributed by atoms with van der Waals surface area (Å²) in [5.41, 5.74) is 19.9. The lowest BCUT2D eigenvalue weighted by molar-refractivity contribution is -0.127. The van der Waals surface area contributed by atoms with Crippen molar-refractivity contribution >= 4 is 41.3 Å². The minimum atomic E-state index is -1.10. The molecule has 3 atom stereocenters. The molecule has 0 aliphatic carbocycles. The molecule has 14 nitrogen and oxygen atoms in total. The van der Waals surface area contributed by atoms with Crippen LogP contribution in [0.15, 0.2) is 95.9 Å². The van der Waals surface area contributed by atoms with Crippen molar-refractivity contribution in [3.63, 3.8) is 0 Å². The second-order valence-electron chi connectivity index (χ2n) is 11.4. The number of hydrogen-bond acceptors (Lipinski definition) is 10. The fraction of sp³-hybridized carbons (Fsp3) is 0.257. The summed E-state index contributed by atoms with van der Waals surface area (Å²) >= 11 is 1.04. The van der Waals surface area contributed by atoms with Crippen molar-refractivity contribution in [3.05, 3.63) is 102 Å². The van der Waals surface area contributed by atoms with E-state index in [0.29, 0.717) is 17.0 Å². The van der Waals surface area contributed by atoms with Gasteiger partial charge in [0.15, 0.2) is 5.88 Å². The van der Waals surface area contributed by atoms with E-state index in [4.69, 9.17) is 21.9 Å². The second-order valence-corrected chi connectivity index (χ2v) is 12.5. The van der Waals surface area contributed by atoms with Gasteiger partial charge < -0.3 is 48.1 Å². The Bertz CT molecular complexity index is 1740. The number of nitrogens with zero attached hydrogens (tertiary/aromatic N) is 1. The smallest absolute Gasteiger partial charge is 0.412 e. The monoisotopic (exact) mass is 703 g/mol. The van der Waals surface area contributed by atoms with Crippen molar-refractivity contribution in [1.29, 1.82) is 0 Å². The standard InChI is InChI=1S/C35H41N7O7S/c36-26(32(45)41-28(31(38)44)21-50-29-19-30(43)42(34(29)47)20-23-8-3-1-4-9-23)12-7-17-39-35(48)49-25-15-13-22(14-16-25)18-27(37)33(46)40-24-10-5-2-6-11-24/h1-6,8-11,13-16,19,26-28,43,47H,7,12,17-18,20-21,36-37H2,(H2,38,44)(H,39,48)(H,40,46)(H,41,45)/t26-,27-,28-/m0/s1. The van der Waals surface area contributed by atoms with E-state index < -0.39 is 36.0 Å². The summed E-state index contributed by atoms with van der Waals surface area (Å²) < 4.78 is 6.60. The number of primary amides is 1. The summed E-state index contributed by atoms with van der Waals surface area (Å²) in [7, 11) is 0. The number of anilines is 1. The highest BCUT2D eigenvalue weighted by atomic mass is 32.2. The Hall–Kier alpha value is -5.51. The van der Waals surface area contributed by atoms with Gasteiger partial charge in [-0.1, -0.05) is 60.7 Å². The lowest BCUT2D eigenvalue weighted by Gasteiger charge is -2.18. The molecule has 1 aromatic heterocycles. The summed E-state index contributed by atoms with van der Waals surface area (Å²) in [6.45, 7) is 0.402. The van der Waals surface area contributed by atoms with Crippen molar-refractivity contribution in [2.75, 3.05) is 17.6 Å². The van der Waals surface area contributed by atoms with Gasteiger partial charge in [-0.15, -0.1) is 11.8 Å². The summed E-state index contributed by atoms with van der Waals surface area (Å²) in [5.74, 6) is -1.78. The maximum Gasteiger partial charge on any atom is 0.412 e. The zero-order valence-electron chi connectivity index (χ0n) is 27.2. The third-order valence-electron chi connectivity index (χ3n) is 7.53. The highest BCUT2D eigenvalue weighted by Gasteiger charge is 2.24. The Morgan fingerprint density at radius 1 is 0.840 bits per heavy atom. The van der Waals surface area contributed by atoms with Crippen LogP contribution in [0.3, 0.4) is 0 Å². The summed E-state index contributed by atoms with van der Waals surface area (Å²) in [6.07, 6.45) is 0.112. The first-order valence-corrected chi connectivity index (χ1v) is 16.8. The average Bonchev–Trinajstić information content (AvgIpc) is 3.37. The summed E-state index contributed by atoms with van der Waals surface area (Å²) in [4.78, 5) is 49.7. The van der Waals surface area contributed by atoms with E-state index in [1.165, 1.54) is 10.6 Å². The molecule has 4 aromatic rings. The van der Waals surface area contributed by atoms with Crippen LogP contribution in [0, 0.1) is 0 Å². The van der Waals surface area contributed by atoms with E-state index in [9.17, 15) is 29.4 Å². The molecular weight excluding hydrogens is 662 g/mol. The normalized spacial score (nSPS) is 12.7. The second kappa shape index (κ2) is 18.3. The van der Waals surface area contributed by atoms with Gasteiger partial charge in [0.05, 0.1) is 23.5 Å². The van der Waals surface area contributed by atoms with E-state index in [0.717, 1.165) is 22.9 Å². The van der Waals surface area contributed by atoms with Crippen molar-refractivity contribution < 1.29 is 34.1 Å².